The van der Waals surface area contributed by atoms with E-state index in [0.717, 1.165) is 33.8 Å². The summed E-state index contributed by atoms with van der Waals surface area (Å²) in [7, 11) is -3.81. The molecular weight excluding hydrogens is 488 g/mol. The van der Waals surface area contributed by atoms with Gasteiger partial charge in [-0.25, -0.2) is 17.2 Å². The number of benzene rings is 2. The number of carbonyl (C=O) groups excluding carboxylic acids is 2. The number of sulfonamides is 1. The largest absolute Gasteiger partial charge is 0.354 e. The number of nitrogens with zero attached hydrogens (tertiary/aromatic N) is 2. The van der Waals surface area contributed by atoms with Crippen LogP contribution in [0.4, 0.5) is 14.5 Å². The van der Waals surface area contributed by atoms with Gasteiger partial charge in [-0.2, -0.15) is 0 Å². The highest BCUT2D eigenvalue weighted by Gasteiger charge is 2.27. The van der Waals surface area contributed by atoms with E-state index in [0.29, 0.717) is 6.54 Å². The molecule has 0 fully saturated rings. The minimum atomic E-state index is -3.81. The zero-order chi connectivity index (χ0) is 27.0. The van der Waals surface area contributed by atoms with Crippen molar-refractivity contribution in [2.45, 2.75) is 53.1 Å². The van der Waals surface area contributed by atoms with Gasteiger partial charge in [0.1, 0.15) is 6.04 Å². The fraction of sp³-hybridized carbons (Fsp3) is 0.462. The number of hydrogen-bond donors (Lipinski definition) is 1. The van der Waals surface area contributed by atoms with Crippen LogP contribution in [0.2, 0.25) is 0 Å². The average molecular weight is 524 g/mol. The molecule has 7 nitrogen and oxygen atoms in total. The summed E-state index contributed by atoms with van der Waals surface area (Å²) in [6, 6.07) is 9.72. The number of aryl methyl sites for hydroxylation is 1. The molecule has 0 saturated carbocycles. The summed E-state index contributed by atoms with van der Waals surface area (Å²) in [4.78, 5) is 27.5. The molecule has 1 atom stereocenters. The number of anilines is 1. The average Bonchev–Trinajstić information content (AvgIpc) is 2.79. The van der Waals surface area contributed by atoms with E-state index >= 15 is 0 Å². The molecule has 0 radical (unpaired) electrons. The first-order valence-electron chi connectivity index (χ1n) is 11.8. The van der Waals surface area contributed by atoms with Crippen molar-refractivity contribution in [3.63, 3.8) is 0 Å². The molecule has 0 unspecified atom stereocenters. The molecule has 0 bridgehead atoms. The Morgan fingerprint density at radius 1 is 1.03 bits per heavy atom. The van der Waals surface area contributed by atoms with E-state index in [-0.39, 0.29) is 49.4 Å². The Labute approximate surface area is 212 Å². The van der Waals surface area contributed by atoms with Crippen LogP contribution in [0.15, 0.2) is 42.5 Å². The van der Waals surface area contributed by atoms with Crippen molar-refractivity contribution in [2.75, 3.05) is 23.7 Å². The van der Waals surface area contributed by atoms with Gasteiger partial charge in [-0.05, 0) is 43.9 Å². The monoisotopic (exact) mass is 523 g/mol. The van der Waals surface area contributed by atoms with Gasteiger partial charge < -0.3 is 10.2 Å². The zero-order valence-corrected chi connectivity index (χ0v) is 22.2. The summed E-state index contributed by atoms with van der Waals surface area (Å²) in [6.45, 7) is 8.13. The summed E-state index contributed by atoms with van der Waals surface area (Å²) in [5, 5.41) is 2.85. The molecule has 0 spiro atoms. The molecule has 0 saturated heterocycles. The minimum absolute atomic E-state index is 0.0260. The molecule has 1 N–H and O–H groups in total. The number of amides is 2. The number of halogens is 2. The molecule has 2 amide bonds. The van der Waals surface area contributed by atoms with Crippen LogP contribution in [0.3, 0.4) is 0 Å². The van der Waals surface area contributed by atoms with Gasteiger partial charge in [0.2, 0.25) is 21.8 Å². The summed E-state index contributed by atoms with van der Waals surface area (Å²) in [5.41, 5.74) is 1.86. The second-order valence-corrected chi connectivity index (χ2v) is 11.3. The molecule has 0 aromatic heterocycles. The van der Waals surface area contributed by atoms with E-state index in [1.165, 1.54) is 11.0 Å². The Morgan fingerprint density at radius 2 is 1.72 bits per heavy atom. The molecule has 0 heterocycles. The van der Waals surface area contributed by atoms with Crippen molar-refractivity contribution in [1.82, 2.24) is 10.2 Å². The Bertz CT molecular complexity index is 1170. The van der Waals surface area contributed by atoms with E-state index in [4.69, 9.17) is 0 Å². The predicted octanol–water partition coefficient (Wildman–Crippen LogP) is 4.01. The van der Waals surface area contributed by atoms with Crippen molar-refractivity contribution in [3.05, 3.63) is 65.2 Å². The summed E-state index contributed by atoms with van der Waals surface area (Å²) >= 11 is 0. The van der Waals surface area contributed by atoms with Crippen molar-refractivity contribution >= 4 is 27.5 Å². The van der Waals surface area contributed by atoms with Crippen molar-refractivity contribution < 1.29 is 26.8 Å². The van der Waals surface area contributed by atoms with Crippen LogP contribution in [0.5, 0.6) is 0 Å². The highest BCUT2D eigenvalue weighted by atomic mass is 32.2. The third kappa shape index (κ3) is 8.58. The van der Waals surface area contributed by atoms with Crippen LogP contribution in [0.25, 0.3) is 0 Å². The van der Waals surface area contributed by atoms with Gasteiger partial charge >= 0.3 is 0 Å². The van der Waals surface area contributed by atoms with Crippen LogP contribution in [0, 0.1) is 24.5 Å². The third-order valence-corrected chi connectivity index (χ3v) is 6.82. The number of carbonyl (C=O) groups is 2. The fourth-order valence-corrected chi connectivity index (χ4v) is 4.64. The quantitative estimate of drug-likeness (QED) is 0.456. The molecule has 0 aliphatic rings. The van der Waals surface area contributed by atoms with Gasteiger partial charge in [-0.1, -0.05) is 43.7 Å². The van der Waals surface area contributed by atoms with Gasteiger partial charge in [0.25, 0.3) is 0 Å². The first-order chi connectivity index (χ1) is 16.8. The molecule has 2 aromatic carbocycles. The smallest absolute Gasteiger partial charge is 0.242 e. The predicted molar refractivity (Wildman–Crippen MR) is 137 cm³/mol. The normalized spacial score (nSPS) is 12.3. The Kier molecular flexibility index (Phi) is 10.4. The van der Waals surface area contributed by atoms with Crippen LogP contribution in [-0.4, -0.2) is 50.5 Å². The summed E-state index contributed by atoms with van der Waals surface area (Å²) in [5.74, 6) is -2.59. The molecule has 2 aromatic rings. The summed E-state index contributed by atoms with van der Waals surface area (Å²) in [6.07, 6.45) is 1.04. The Hall–Kier alpha value is -3.01. The van der Waals surface area contributed by atoms with Gasteiger partial charge in [0.05, 0.1) is 11.9 Å². The van der Waals surface area contributed by atoms with Crippen molar-refractivity contribution in [1.29, 1.82) is 0 Å². The molecule has 10 heteroatoms. The molecule has 2 rings (SSSR count). The van der Waals surface area contributed by atoms with Crippen molar-refractivity contribution in [2.24, 2.45) is 5.92 Å². The van der Waals surface area contributed by atoms with Crippen LogP contribution >= 0.6 is 0 Å². The van der Waals surface area contributed by atoms with Crippen molar-refractivity contribution in [3.8, 4) is 0 Å². The van der Waals surface area contributed by atoms with Crippen LogP contribution < -0.4 is 9.62 Å². The fourth-order valence-electron chi connectivity index (χ4n) is 3.69. The molecular formula is C26H35F2N3O4S. The minimum Gasteiger partial charge on any atom is -0.354 e. The van der Waals surface area contributed by atoms with E-state index < -0.39 is 27.7 Å². The van der Waals surface area contributed by atoms with Gasteiger partial charge in [-0.15, -0.1) is 0 Å². The maximum Gasteiger partial charge on any atom is 0.242 e. The second-order valence-electron chi connectivity index (χ2n) is 9.36. The van der Waals surface area contributed by atoms with Crippen LogP contribution in [0.1, 0.15) is 44.7 Å². The second kappa shape index (κ2) is 12.8. The van der Waals surface area contributed by atoms with Gasteiger partial charge in [0.15, 0.2) is 11.6 Å². The molecule has 198 valence electrons. The lowest BCUT2D eigenvalue weighted by Crippen LogP contribution is -2.48. The standard InChI is InChI=1S/C26H35F2N3O4S/c1-18(2)16-29-26(33)20(4)30(17-21-9-6-8-19(3)14-21)25(32)10-7-13-31(36(5,34)35)22-11-12-23(27)24(28)15-22/h6,8-9,11-12,14-15,18,20H,7,10,13,16-17H2,1-5H3,(H,29,33)/t20-/m0/s1. The van der Waals surface area contributed by atoms with Gasteiger partial charge in [-0.3, -0.25) is 13.9 Å². The van der Waals surface area contributed by atoms with E-state index in [1.807, 2.05) is 45.0 Å². The first-order valence-corrected chi connectivity index (χ1v) is 13.7. The van der Waals surface area contributed by atoms with E-state index in [1.54, 1.807) is 6.92 Å². The Balaban J connectivity index is 2.18. The number of hydrogen-bond acceptors (Lipinski definition) is 4. The highest BCUT2D eigenvalue weighted by molar-refractivity contribution is 7.92. The zero-order valence-electron chi connectivity index (χ0n) is 21.4. The molecule has 0 aliphatic carbocycles. The molecule has 36 heavy (non-hydrogen) atoms. The van der Waals surface area contributed by atoms with E-state index in [9.17, 15) is 26.8 Å². The SMILES string of the molecule is Cc1cccc(CN(C(=O)CCCN(c2ccc(F)c(F)c2)S(C)(=O)=O)[C@@H](C)C(=O)NCC(C)C)c1. The first kappa shape index (κ1) is 29.2. The Morgan fingerprint density at radius 3 is 2.31 bits per heavy atom. The highest BCUT2D eigenvalue weighted by Crippen LogP contribution is 2.22. The topological polar surface area (TPSA) is 86.8 Å². The number of rotatable bonds is 12. The summed E-state index contributed by atoms with van der Waals surface area (Å²) < 4.78 is 52.6. The maximum absolute atomic E-state index is 13.7. The molecule has 0 aliphatic heterocycles. The third-order valence-electron chi connectivity index (χ3n) is 5.63. The van der Waals surface area contributed by atoms with E-state index in [2.05, 4.69) is 5.32 Å². The van der Waals surface area contributed by atoms with Gasteiger partial charge in [0, 0.05) is 32.1 Å². The lowest BCUT2D eigenvalue weighted by atomic mass is 10.1. The number of nitrogens with one attached hydrogen (secondary N) is 1. The lowest BCUT2D eigenvalue weighted by Gasteiger charge is -2.30. The lowest BCUT2D eigenvalue weighted by molar-refractivity contribution is -0.140. The maximum atomic E-state index is 13.7. The van der Waals surface area contributed by atoms with Crippen LogP contribution in [-0.2, 0) is 26.2 Å².